The molecular weight excluding hydrogens is 380 g/mol. The van der Waals surface area contributed by atoms with Crippen molar-refractivity contribution in [2.24, 2.45) is 0 Å². The Morgan fingerprint density at radius 2 is 1.75 bits per heavy atom. The van der Waals surface area contributed by atoms with E-state index in [0.717, 1.165) is 19.4 Å². The van der Waals surface area contributed by atoms with Crippen molar-refractivity contribution in [3.63, 3.8) is 0 Å². The van der Waals surface area contributed by atoms with E-state index in [1.54, 1.807) is 35.2 Å². The molecule has 0 saturated carbocycles. The number of carbonyl (C=O) groups excluding carboxylic acids is 1. The van der Waals surface area contributed by atoms with E-state index in [1.165, 1.54) is 25.3 Å². The first-order chi connectivity index (χ1) is 13.4. The number of unbranched alkanes of at least 4 members (excludes halogenated alkanes) is 1. The summed E-state index contributed by atoms with van der Waals surface area (Å²) in [5, 5.41) is 0. The SMILES string of the molecule is CCCCN1CCN(c2ccc(S(=O)(=O)Oc3cccc(OC)c3)cc2)C1=O. The zero-order valence-corrected chi connectivity index (χ0v) is 16.8. The Labute approximate surface area is 165 Å². The summed E-state index contributed by atoms with van der Waals surface area (Å²) < 4.78 is 35.3. The fraction of sp³-hybridized carbons (Fsp3) is 0.350. The van der Waals surface area contributed by atoms with E-state index in [-0.39, 0.29) is 16.7 Å². The Morgan fingerprint density at radius 3 is 2.43 bits per heavy atom. The van der Waals surface area contributed by atoms with Gasteiger partial charge in [0, 0.05) is 31.4 Å². The Balaban J connectivity index is 1.72. The first-order valence-electron chi connectivity index (χ1n) is 9.19. The Morgan fingerprint density at radius 1 is 1.04 bits per heavy atom. The summed E-state index contributed by atoms with van der Waals surface area (Å²) >= 11 is 0. The van der Waals surface area contributed by atoms with Gasteiger partial charge in [-0.25, -0.2) is 4.79 Å². The van der Waals surface area contributed by atoms with Crippen LogP contribution in [0.15, 0.2) is 53.4 Å². The Hall–Kier alpha value is -2.74. The monoisotopic (exact) mass is 404 g/mol. The van der Waals surface area contributed by atoms with Gasteiger partial charge in [0.15, 0.2) is 0 Å². The van der Waals surface area contributed by atoms with Gasteiger partial charge in [-0.3, -0.25) is 4.90 Å². The minimum Gasteiger partial charge on any atom is -0.497 e. The minimum atomic E-state index is -3.98. The van der Waals surface area contributed by atoms with Crippen LogP contribution in [0.1, 0.15) is 19.8 Å². The largest absolute Gasteiger partial charge is 0.497 e. The fourth-order valence-electron chi connectivity index (χ4n) is 3.00. The second-order valence-electron chi connectivity index (χ2n) is 6.49. The van der Waals surface area contributed by atoms with E-state index < -0.39 is 10.1 Å². The van der Waals surface area contributed by atoms with Gasteiger partial charge in [0.05, 0.1) is 7.11 Å². The number of hydrogen-bond acceptors (Lipinski definition) is 5. The normalized spacial score (nSPS) is 14.4. The molecule has 1 heterocycles. The zero-order chi connectivity index (χ0) is 20.1. The van der Waals surface area contributed by atoms with Crippen LogP contribution in [0.2, 0.25) is 0 Å². The Kier molecular flexibility index (Phi) is 6.08. The molecule has 0 atom stereocenters. The number of urea groups is 1. The summed E-state index contributed by atoms with van der Waals surface area (Å²) in [6, 6.07) is 12.5. The molecule has 0 aromatic heterocycles. The molecule has 7 nitrogen and oxygen atoms in total. The Bertz CT molecular complexity index is 928. The number of ether oxygens (including phenoxy) is 1. The summed E-state index contributed by atoms with van der Waals surface area (Å²) in [6.45, 7) is 4.10. The van der Waals surface area contributed by atoms with Gasteiger partial charge in [0.25, 0.3) is 0 Å². The third-order valence-electron chi connectivity index (χ3n) is 4.56. The predicted molar refractivity (Wildman–Crippen MR) is 106 cm³/mol. The highest BCUT2D eigenvalue weighted by Crippen LogP contribution is 2.26. The molecule has 150 valence electrons. The van der Waals surface area contributed by atoms with Gasteiger partial charge in [-0.05, 0) is 42.8 Å². The van der Waals surface area contributed by atoms with Gasteiger partial charge in [-0.1, -0.05) is 19.4 Å². The number of carbonyl (C=O) groups is 1. The van der Waals surface area contributed by atoms with Crippen molar-refractivity contribution in [2.75, 3.05) is 31.6 Å². The van der Waals surface area contributed by atoms with E-state index in [2.05, 4.69) is 6.92 Å². The maximum atomic E-state index is 12.5. The topological polar surface area (TPSA) is 76.2 Å². The van der Waals surface area contributed by atoms with Crippen molar-refractivity contribution >= 4 is 21.8 Å². The number of benzene rings is 2. The highest BCUT2D eigenvalue weighted by molar-refractivity contribution is 7.87. The van der Waals surface area contributed by atoms with Crippen molar-refractivity contribution in [3.8, 4) is 11.5 Å². The first kappa shape index (κ1) is 20.0. The van der Waals surface area contributed by atoms with Crippen LogP contribution in [0, 0.1) is 0 Å². The van der Waals surface area contributed by atoms with Crippen molar-refractivity contribution in [1.29, 1.82) is 0 Å². The molecule has 8 heteroatoms. The van der Waals surface area contributed by atoms with Crippen LogP contribution >= 0.6 is 0 Å². The lowest BCUT2D eigenvalue weighted by molar-refractivity contribution is 0.220. The highest BCUT2D eigenvalue weighted by atomic mass is 32.2. The second kappa shape index (κ2) is 8.52. The third kappa shape index (κ3) is 4.39. The molecule has 0 aliphatic carbocycles. The molecule has 28 heavy (non-hydrogen) atoms. The molecule has 2 aromatic rings. The van der Waals surface area contributed by atoms with Crippen LogP contribution in [0.4, 0.5) is 10.5 Å². The maximum Gasteiger partial charge on any atom is 0.339 e. The number of amides is 2. The second-order valence-corrected chi connectivity index (χ2v) is 8.03. The van der Waals surface area contributed by atoms with Gasteiger partial charge in [-0.15, -0.1) is 0 Å². The molecule has 0 N–H and O–H groups in total. The lowest BCUT2D eigenvalue weighted by Gasteiger charge is -2.18. The van der Waals surface area contributed by atoms with Crippen LogP contribution in [0.3, 0.4) is 0 Å². The van der Waals surface area contributed by atoms with Crippen LogP contribution in [-0.2, 0) is 10.1 Å². The number of anilines is 1. The van der Waals surface area contributed by atoms with E-state index in [0.29, 0.717) is 24.5 Å². The van der Waals surface area contributed by atoms with E-state index >= 15 is 0 Å². The summed E-state index contributed by atoms with van der Waals surface area (Å²) in [4.78, 5) is 16.0. The van der Waals surface area contributed by atoms with E-state index in [4.69, 9.17) is 8.92 Å². The molecule has 0 unspecified atom stereocenters. The van der Waals surface area contributed by atoms with Crippen molar-refractivity contribution in [3.05, 3.63) is 48.5 Å². The minimum absolute atomic E-state index is 0.0218. The molecule has 1 saturated heterocycles. The molecule has 1 aliphatic rings. The van der Waals surface area contributed by atoms with Crippen LogP contribution in [-0.4, -0.2) is 46.1 Å². The summed E-state index contributed by atoms with van der Waals surface area (Å²) in [7, 11) is -2.49. The standard InChI is InChI=1S/C20H24N2O5S/c1-3-4-12-21-13-14-22(20(21)23)16-8-10-19(11-9-16)28(24,25)27-18-7-5-6-17(15-18)26-2/h5-11,15H,3-4,12-14H2,1-2H3. The van der Waals surface area contributed by atoms with E-state index in [9.17, 15) is 13.2 Å². The summed E-state index contributed by atoms with van der Waals surface area (Å²) in [5.41, 5.74) is 0.671. The average Bonchev–Trinajstić information content (AvgIpc) is 3.06. The van der Waals surface area contributed by atoms with Crippen molar-refractivity contribution in [1.82, 2.24) is 4.90 Å². The van der Waals surface area contributed by atoms with Crippen LogP contribution in [0.5, 0.6) is 11.5 Å². The van der Waals surface area contributed by atoms with Crippen LogP contribution in [0.25, 0.3) is 0 Å². The number of rotatable bonds is 8. The lowest BCUT2D eigenvalue weighted by atomic mass is 10.3. The summed E-state index contributed by atoms with van der Waals surface area (Å²) in [5.74, 6) is 0.674. The van der Waals surface area contributed by atoms with Gasteiger partial charge >= 0.3 is 16.1 Å². The third-order valence-corrected chi connectivity index (χ3v) is 5.82. The summed E-state index contributed by atoms with van der Waals surface area (Å²) in [6.07, 6.45) is 2.00. The number of methoxy groups -OCH3 is 1. The number of hydrogen-bond donors (Lipinski definition) is 0. The van der Waals surface area contributed by atoms with Gasteiger partial charge in [0.1, 0.15) is 16.4 Å². The number of nitrogens with zero attached hydrogens (tertiary/aromatic N) is 2. The molecule has 2 aromatic carbocycles. The lowest BCUT2D eigenvalue weighted by Crippen LogP contribution is -2.32. The molecule has 0 spiro atoms. The van der Waals surface area contributed by atoms with Gasteiger partial charge in [0.2, 0.25) is 0 Å². The molecule has 0 bridgehead atoms. The molecule has 3 rings (SSSR count). The molecule has 1 aliphatic heterocycles. The van der Waals surface area contributed by atoms with Gasteiger partial charge in [-0.2, -0.15) is 8.42 Å². The molecular formula is C20H24N2O5S. The van der Waals surface area contributed by atoms with Crippen molar-refractivity contribution in [2.45, 2.75) is 24.7 Å². The quantitative estimate of drug-likeness (QED) is 0.630. The predicted octanol–water partition coefficient (Wildman–Crippen LogP) is 3.51. The van der Waals surface area contributed by atoms with Gasteiger partial charge < -0.3 is 13.8 Å². The fourth-order valence-corrected chi connectivity index (χ4v) is 3.92. The molecule has 2 amide bonds. The zero-order valence-electron chi connectivity index (χ0n) is 16.0. The van der Waals surface area contributed by atoms with Crippen molar-refractivity contribution < 1.29 is 22.1 Å². The van der Waals surface area contributed by atoms with E-state index in [1.807, 2.05) is 4.90 Å². The van der Waals surface area contributed by atoms with Crippen LogP contribution < -0.4 is 13.8 Å². The highest BCUT2D eigenvalue weighted by Gasteiger charge is 2.29. The maximum absolute atomic E-state index is 12.5. The molecule has 1 fully saturated rings. The smallest absolute Gasteiger partial charge is 0.339 e. The average molecular weight is 404 g/mol. The molecule has 0 radical (unpaired) electrons. The first-order valence-corrected chi connectivity index (χ1v) is 10.6.